The number of rotatable bonds is 4. The largest absolute Gasteiger partial charge is 0.317 e. The highest BCUT2D eigenvalue weighted by molar-refractivity contribution is 4.70. The van der Waals surface area contributed by atoms with Gasteiger partial charge in [-0.25, -0.2) is 0 Å². The van der Waals surface area contributed by atoms with Gasteiger partial charge in [-0.15, -0.1) is 0 Å². The first-order valence-electron chi connectivity index (χ1n) is 5.53. The van der Waals surface area contributed by atoms with Crippen LogP contribution in [0.4, 0.5) is 0 Å². The molecule has 0 aromatic heterocycles. The Bertz CT molecular complexity index is 112. The van der Waals surface area contributed by atoms with Crippen LogP contribution in [0.2, 0.25) is 0 Å². The topological polar surface area (TPSA) is 12.0 Å². The molecule has 12 heavy (non-hydrogen) atoms. The molecule has 0 radical (unpaired) electrons. The Morgan fingerprint density at radius 3 is 2.83 bits per heavy atom. The first-order chi connectivity index (χ1) is 5.83. The zero-order chi connectivity index (χ0) is 8.81. The van der Waals surface area contributed by atoms with Gasteiger partial charge in [-0.3, -0.25) is 0 Å². The molecule has 0 aromatic carbocycles. The molecule has 1 saturated carbocycles. The summed E-state index contributed by atoms with van der Waals surface area (Å²) < 4.78 is 0. The van der Waals surface area contributed by atoms with E-state index in [4.69, 9.17) is 0 Å². The molecule has 1 nitrogen and oxygen atoms in total. The maximum atomic E-state index is 3.41. The van der Waals surface area contributed by atoms with Crippen LogP contribution in [0.3, 0.4) is 0 Å². The van der Waals surface area contributed by atoms with E-state index < -0.39 is 0 Å². The van der Waals surface area contributed by atoms with Crippen molar-refractivity contribution in [2.24, 2.45) is 11.8 Å². The molecule has 72 valence electrons. The van der Waals surface area contributed by atoms with Gasteiger partial charge < -0.3 is 5.32 Å². The van der Waals surface area contributed by atoms with E-state index in [1.165, 1.54) is 38.6 Å². The third kappa shape index (κ3) is 3.57. The molecule has 1 heteroatoms. The van der Waals surface area contributed by atoms with Crippen molar-refractivity contribution in [2.45, 2.75) is 46.0 Å². The first kappa shape index (κ1) is 10.0. The monoisotopic (exact) mass is 169 g/mol. The fourth-order valence-electron chi connectivity index (χ4n) is 2.30. The van der Waals surface area contributed by atoms with E-state index in [-0.39, 0.29) is 0 Å². The fourth-order valence-corrected chi connectivity index (χ4v) is 2.30. The molecule has 2 atom stereocenters. The van der Waals surface area contributed by atoms with Crippen molar-refractivity contribution in [1.29, 1.82) is 0 Å². The van der Waals surface area contributed by atoms with Crippen molar-refractivity contribution < 1.29 is 0 Å². The van der Waals surface area contributed by atoms with E-state index >= 15 is 0 Å². The molecule has 1 aliphatic rings. The lowest BCUT2D eigenvalue weighted by molar-refractivity contribution is 0.268. The molecule has 0 spiro atoms. The average molecular weight is 169 g/mol. The summed E-state index contributed by atoms with van der Waals surface area (Å²) in [7, 11) is 0. The summed E-state index contributed by atoms with van der Waals surface area (Å²) >= 11 is 0. The third-order valence-corrected chi connectivity index (χ3v) is 3.02. The van der Waals surface area contributed by atoms with Crippen molar-refractivity contribution in [3.63, 3.8) is 0 Å². The van der Waals surface area contributed by atoms with Crippen LogP contribution in [0.15, 0.2) is 0 Å². The van der Waals surface area contributed by atoms with Crippen LogP contribution in [0, 0.1) is 11.8 Å². The van der Waals surface area contributed by atoms with Gasteiger partial charge in [0, 0.05) is 0 Å². The van der Waals surface area contributed by atoms with Crippen LogP contribution in [0.5, 0.6) is 0 Å². The molecule has 0 aliphatic heterocycles. The molecule has 0 heterocycles. The van der Waals surface area contributed by atoms with E-state index in [2.05, 4.69) is 19.2 Å². The molecule has 0 aromatic rings. The average Bonchev–Trinajstić information content (AvgIpc) is 2.05. The Balaban J connectivity index is 2.06. The van der Waals surface area contributed by atoms with Crippen molar-refractivity contribution in [1.82, 2.24) is 5.32 Å². The summed E-state index contributed by atoms with van der Waals surface area (Å²) in [5, 5.41) is 3.41. The highest BCUT2D eigenvalue weighted by atomic mass is 14.8. The highest BCUT2D eigenvalue weighted by Crippen LogP contribution is 2.30. The normalized spacial score (nSPS) is 30.5. The van der Waals surface area contributed by atoms with Gasteiger partial charge in [-0.2, -0.15) is 0 Å². The van der Waals surface area contributed by atoms with Crippen LogP contribution in [-0.4, -0.2) is 13.1 Å². The Kier molecular flexibility index (Phi) is 4.67. The molecule has 2 unspecified atom stereocenters. The Morgan fingerprint density at radius 2 is 2.17 bits per heavy atom. The van der Waals surface area contributed by atoms with E-state index in [0.29, 0.717) is 0 Å². The van der Waals surface area contributed by atoms with Crippen molar-refractivity contribution in [3.05, 3.63) is 0 Å². The van der Waals surface area contributed by atoms with Gasteiger partial charge in [0.15, 0.2) is 0 Å². The second-order valence-electron chi connectivity index (χ2n) is 4.28. The first-order valence-corrected chi connectivity index (χ1v) is 5.53. The second-order valence-corrected chi connectivity index (χ2v) is 4.28. The van der Waals surface area contributed by atoms with Gasteiger partial charge in [0.2, 0.25) is 0 Å². The summed E-state index contributed by atoms with van der Waals surface area (Å²) in [6.45, 7) is 6.94. The molecule has 0 saturated heterocycles. The molecular formula is C11H23N. The second kappa shape index (κ2) is 5.58. The molecule has 0 amide bonds. The summed E-state index contributed by atoms with van der Waals surface area (Å²) in [5.41, 5.74) is 0. The summed E-state index contributed by atoms with van der Waals surface area (Å²) in [6.07, 6.45) is 7.30. The lowest BCUT2D eigenvalue weighted by atomic mass is 9.81. The SMILES string of the molecule is CCNCCC1CCCC(C)C1. The lowest BCUT2D eigenvalue weighted by Gasteiger charge is -2.26. The molecule has 1 fully saturated rings. The maximum Gasteiger partial charge on any atom is -0.00464 e. The predicted molar refractivity (Wildman–Crippen MR) is 54.3 cm³/mol. The standard InChI is InChI=1S/C11H23N/c1-3-12-8-7-11-6-4-5-10(2)9-11/h10-12H,3-9H2,1-2H3. The van der Waals surface area contributed by atoms with E-state index in [9.17, 15) is 0 Å². The van der Waals surface area contributed by atoms with Crippen molar-refractivity contribution in [2.75, 3.05) is 13.1 Å². The number of nitrogens with one attached hydrogen (secondary N) is 1. The zero-order valence-electron chi connectivity index (χ0n) is 8.60. The van der Waals surface area contributed by atoms with Gasteiger partial charge in [-0.05, 0) is 37.8 Å². The lowest BCUT2D eigenvalue weighted by Crippen LogP contribution is -2.20. The fraction of sp³-hybridized carbons (Fsp3) is 1.00. The summed E-state index contributed by atoms with van der Waals surface area (Å²) in [6, 6.07) is 0. The number of hydrogen-bond acceptors (Lipinski definition) is 1. The van der Waals surface area contributed by atoms with Crippen molar-refractivity contribution >= 4 is 0 Å². The van der Waals surface area contributed by atoms with Gasteiger partial charge in [0.1, 0.15) is 0 Å². The van der Waals surface area contributed by atoms with E-state index in [1.54, 1.807) is 0 Å². The van der Waals surface area contributed by atoms with Gasteiger partial charge in [-0.1, -0.05) is 33.1 Å². The Hall–Kier alpha value is -0.0400. The highest BCUT2D eigenvalue weighted by Gasteiger charge is 2.17. The molecule has 1 aliphatic carbocycles. The smallest absolute Gasteiger partial charge is 0.00464 e. The molecule has 1 N–H and O–H groups in total. The third-order valence-electron chi connectivity index (χ3n) is 3.02. The molecule has 1 rings (SSSR count). The minimum absolute atomic E-state index is 0.991. The minimum Gasteiger partial charge on any atom is -0.317 e. The van der Waals surface area contributed by atoms with Crippen LogP contribution in [0.1, 0.15) is 46.0 Å². The quantitative estimate of drug-likeness (QED) is 0.638. The Morgan fingerprint density at radius 1 is 1.33 bits per heavy atom. The van der Waals surface area contributed by atoms with Crippen LogP contribution < -0.4 is 5.32 Å². The minimum atomic E-state index is 0.991. The van der Waals surface area contributed by atoms with Gasteiger partial charge in [0.05, 0.1) is 0 Å². The van der Waals surface area contributed by atoms with Crippen LogP contribution in [0.25, 0.3) is 0 Å². The Labute approximate surface area is 76.9 Å². The summed E-state index contributed by atoms with van der Waals surface area (Å²) in [4.78, 5) is 0. The van der Waals surface area contributed by atoms with E-state index in [1.807, 2.05) is 0 Å². The van der Waals surface area contributed by atoms with Gasteiger partial charge >= 0.3 is 0 Å². The molecule has 0 bridgehead atoms. The predicted octanol–water partition coefficient (Wildman–Crippen LogP) is 2.81. The van der Waals surface area contributed by atoms with Crippen LogP contribution in [-0.2, 0) is 0 Å². The maximum absolute atomic E-state index is 3.41. The number of hydrogen-bond donors (Lipinski definition) is 1. The van der Waals surface area contributed by atoms with Crippen molar-refractivity contribution in [3.8, 4) is 0 Å². The summed E-state index contributed by atoms with van der Waals surface area (Å²) in [5.74, 6) is 2.01. The zero-order valence-corrected chi connectivity index (χ0v) is 8.60. The van der Waals surface area contributed by atoms with Gasteiger partial charge in [0.25, 0.3) is 0 Å². The molecular weight excluding hydrogens is 146 g/mol. The van der Waals surface area contributed by atoms with Crippen LogP contribution >= 0.6 is 0 Å². The van der Waals surface area contributed by atoms with E-state index in [0.717, 1.165) is 18.4 Å².